The van der Waals surface area contributed by atoms with E-state index in [1.807, 2.05) is 13.0 Å². The van der Waals surface area contributed by atoms with Crippen LogP contribution in [0.1, 0.15) is 48.7 Å². The first-order valence-corrected chi connectivity index (χ1v) is 8.26. The highest BCUT2D eigenvalue weighted by Crippen LogP contribution is 2.28. The summed E-state index contributed by atoms with van der Waals surface area (Å²) in [6, 6.07) is 8.36. The molecule has 0 bridgehead atoms. The van der Waals surface area contributed by atoms with Gasteiger partial charge in [0.05, 0.1) is 17.6 Å². The van der Waals surface area contributed by atoms with Crippen LogP contribution in [0.5, 0.6) is 0 Å². The SMILES string of the molecule is CCc1nn(Cc2cccc(Br)c2)c(CC)c1C(C)Cl. The summed E-state index contributed by atoms with van der Waals surface area (Å²) in [4.78, 5) is 0. The minimum atomic E-state index is 0.0103. The van der Waals surface area contributed by atoms with Crippen molar-refractivity contribution >= 4 is 27.5 Å². The maximum Gasteiger partial charge on any atom is 0.0671 e. The zero-order chi connectivity index (χ0) is 14.7. The van der Waals surface area contributed by atoms with Gasteiger partial charge in [-0.1, -0.05) is 41.9 Å². The van der Waals surface area contributed by atoms with E-state index in [0.717, 1.165) is 29.6 Å². The van der Waals surface area contributed by atoms with Crippen LogP contribution in [0.2, 0.25) is 0 Å². The smallest absolute Gasteiger partial charge is 0.0671 e. The monoisotopic (exact) mass is 354 g/mol. The van der Waals surface area contributed by atoms with Gasteiger partial charge in [-0.3, -0.25) is 4.68 Å². The van der Waals surface area contributed by atoms with E-state index in [9.17, 15) is 0 Å². The summed E-state index contributed by atoms with van der Waals surface area (Å²) in [7, 11) is 0. The predicted molar refractivity (Wildman–Crippen MR) is 88.5 cm³/mol. The Morgan fingerprint density at radius 1 is 1.30 bits per heavy atom. The molecule has 0 N–H and O–H groups in total. The maximum atomic E-state index is 6.35. The van der Waals surface area contributed by atoms with Crippen LogP contribution < -0.4 is 0 Å². The third-order valence-corrected chi connectivity index (χ3v) is 4.18. The largest absolute Gasteiger partial charge is 0.265 e. The van der Waals surface area contributed by atoms with Crippen molar-refractivity contribution in [3.63, 3.8) is 0 Å². The van der Waals surface area contributed by atoms with Gasteiger partial charge in [0.15, 0.2) is 0 Å². The Hall–Kier alpha value is -0.800. The van der Waals surface area contributed by atoms with Gasteiger partial charge in [-0.25, -0.2) is 0 Å². The average molecular weight is 356 g/mol. The number of alkyl halides is 1. The molecule has 1 aromatic heterocycles. The molecule has 2 rings (SSSR count). The van der Waals surface area contributed by atoms with Crippen molar-refractivity contribution in [2.45, 2.75) is 45.5 Å². The van der Waals surface area contributed by atoms with Crippen LogP contribution in [-0.4, -0.2) is 9.78 Å². The number of aromatic nitrogens is 2. The van der Waals surface area contributed by atoms with E-state index >= 15 is 0 Å². The predicted octanol–water partition coefficient (Wildman–Crippen LogP) is 5.12. The second-order valence-corrected chi connectivity index (χ2v) is 6.49. The van der Waals surface area contributed by atoms with Crippen LogP contribution >= 0.6 is 27.5 Å². The molecule has 4 heteroatoms. The van der Waals surface area contributed by atoms with Crippen LogP contribution in [0.3, 0.4) is 0 Å². The van der Waals surface area contributed by atoms with E-state index in [1.54, 1.807) is 0 Å². The Bertz CT molecular complexity index is 590. The van der Waals surface area contributed by atoms with Gasteiger partial charge in [0.2, 0.25) is 0 Å². The minimum Gasteiger partial charge on any atom is -0.265 e. The van der Waals surface area contributed by atoms with Crippen molar-refractivity contribution in [2.24, 2.45) is 0 Å². The first-order chi connectivity index (χ1) is 9.56. The van der Waals surface area contributed by atoms with Crippen LogP contribution in [0.15, 0.2) is 28.7 Å². The van der Waals surface area contributed by atoms with Gasteiger partial charge < -0.3 is 0 Å². The van der Waals surface area contributed by atoms with Crippen molar-refractivity contribution in [3.05, 3.63) is 51.3 Å². The summed E-state index contributed by atoms with van der Waals surface area (Å²) in [5.41, 5.74) is 4.84. The molecule has 0 spiro atoms. The van der Waals surface area contributed by atoms with Gasteiger partial charge >= 0.3 is 0 Å². The quantitative estimate of drug-likeness (QED) is 0.681. The Labute approximate surface area is 134 Å². The highest BCUT2D eigenvalue weighted by Gasteiger charge is 2.19. The normalized spacial score (nSPS) is 12.7. The number of nitrogens with zero attached hydrogens (tertiary/aromatic N) is 2. The van der Waals surface area contributed by atoms with E-state index in [1.165, 1.54) is 16.8 Å². The van der Waals surface area contributed by atoms with Gasteiger partial charge in [-0.2, -0.15) is 5.10 Å². The van der Waals surface area contributed by atoms with E-state index in [0.29, 0.717) is 0 Å². The van der Waals surface area contributed by atoms with E-state index in [4.69, 9.17) is 16.7 Å². The molecule has 0 aliphatic carbocycles. The number of halogens is 2. The van der Waals surface area contributed by atoms with E-state index in [-0.39, 0.29) is 5.38 Å². The zero-order valence-corrected chi connectivity index (χ0v) is 14.5. The molecular formula is C16H20BrClN2. The number of rotatable bonds is 5. The fourth-order valence-corrected chi connectivity index (χ4v) is 3.30. The standard InChI is InChI=1S/C16H20BrClN2/c1-4-14-16(11(3)18)15(5-2)20(19-14)10-12-7-6-8-13(17)9-12/h6-9,11H,4-5,10H2,1-3H3. The second-order valence-electron chi connectivity index (χ2n) is 4.92. The van der Waals surface area contributed by atoms with Crippen molar-refractivity contribution in [2.75, 3.05) is 0 Å². The van der Waals surface area contributed by atoms with Crippen molar-refractivity contribution in [3.8, 4) is 0 Å². The van der Waals surface area contributed by atoms with Gasteiger partial charge in [0, 0.05) is 15.7 Å². The number of hydrogen-bond donors (Lipinski definition) is 0. The molecule has 0 amide bonds. The van der Waals surface area contributed by atoms with Crippen molar-refractivity contribution < 1.29 is 0 Å². The summed E-state index contributed by atoms with van der Waals surface area (Å²) in [6.45, 7) is 7.12. The number of hydrogen-bond acceptors (Lipinski definition) is 1. The summed E-state index contributed by atoms with van der Waals surface area (Å²) in [5.74, 6) is 0. The molecule has 2 aromatic rings. The lowest BCUT2D eigenvalue weighted by molar-refractivity contribution is 0.639. The van der Waals surface area contributed by atoms with Crippen LogP contribution in [0, 0.1) is 0 Å². The third kappa shape index (κ3) is 3.26. The Balaban J connectivity index is 2.41. The molecule has 1 heterocycles. The van der Waals surface area contributed by atoms with Crippen molar-refractivity contribution in [1.82, 2.24) is 9.78 Å². The van der Waals surface area contributed by atoms with Gasteiger partial charge in [-0.15, -0.1) is 11.6 Å². The average Bonchev–Trinajstić information content (AvgIpc) is 2.76. The van der Waals surface area contributed by atoms with Gasteiger partial charge in [-0.05, 0) is 37.5 Å². The molecular weight excluding hydrogens is 336 g/mol. The Morgan fingerprint density at radius 2 is 2.05 bits per heavy atom. The summed E-state index contributed by atoms with van der Waals surface area (Å²) in [5, 5.41) is 4.77. The first-order valence-electron chi connectivity index (χ1n) is 7.03. The third-order valence-electron chi connectivity index (χ3n) is 3.46. The van der Waals surface area contributed by atoms with Crippen LogP contribution in [0.4, 0.5) is 0 Å². The van der Waals surface area contributed by atoms with Gasteiger partial charge in [0.1, 0.15) is 0 Å². The number of aryl methyl sites for hydroxylation is 1. The molecule has 0 saturated carbocycles. The molecule has 108 valence electrons. The van der Waals surface area contributed by atoms with E-state index in [2.05, 4.69) is 52.7 Å². The molecule has 0 aliphatic heterocycles. The summed E-state index contributed by atoms with van der Waals surface area (Å²) in [6.07, 6.45) is 1.87. The lowest BCUT2D eigenvalue weighted by atomic mass is 10.1. The van der Waals surface area contributed by atoms with Crippen LogP contribution in [0.25, 0.3) is 0 Å². The Kier molecular flexibility index (Phi) is 5.28. The Morgan fingerprint density at radius 3 is 2.60 bits per heavy atom. The topological polar surface area (TPSA) is 17.8 Å². The highest BCUT2D eigenvalue weighted by molar-refractivity contribution is 9.10. The van der Waals surface area contributed by atoms with E-state index < -0.39 is 0 Å². The first kappa shape index (κ1) is 15.6. The van der Waals surface area contributed by atoms with Crippen LogP contribution in [-0.2, 0) is 19.4 Å². The molecule has 2 nitrogen and oxygen atoms in total. The summed E-state index contributed by atoms with van der Waals surface area (Å²) >= 11 is 9.87. The molecule has 0 radical (unpaired) electrons. The fourth-order valence-electron chi connectivity index (χ4n) is 2.60. The minimum absolute atomic E-state index is 0.0103. The molecule has 0 saturated heterocycles. The molecule has 20 heavy (non-hydrogen) atoms. The summed E-state index contributed by atoms with van der Waals surface area (Å²) < 4.78 is 3.20. The lowest BCUT2D eigenvalue weighted by Crippen LogP contribution is -2.07. The lowest BCUT2D eigenvalue weighted by Gasteiger charge is -2.09. The highest BCUT2D eigenvalue weighted by atomic mass is 79.9. The molecule has 1 aromatic carbocycles. The molecule has 1 unspecified atom stereocenters. The molecule has 0 aliphatic rings. The maximum absolute atomic E-state index is 6.35. The van der Waals surface area contributed by atoms with Crippen molar-refractivity contribution in [1.29, 1.82) is 0 Å². The van der Waals surface area contributed by atoms with Gasteiger partial charge in [0.25, 0.3) is 0 Å². The zero-order valence-electron chi connectivity index (χ0n) is 12.2. The molecule has 1 atom stereocenters. The molecule has 0 fully saturated rings. The fraction of sp³-hybridized carbons (Fsp3) is 0.438. The number of benzene rings is 1. The second kappa shape index (κ2) is 6.77.